The number of rotatable bonds is 5. The molecule has 0 saturated carbocycles. The van der Waals surface area contributed by atoms with Crippen LogP contribution in [0.5, 0.6) is 0 Å². The van der Waals surface area contributed by atoms with Crippen molar-refractivity contribution in [2.45, 2.75) is 40.2 Å². The Balaban J connectivity index is 2.79. The third-order valence-electron chi connectivity index (χ3n) is 2.62. The Morgan fingerprint density at radius 1 is 1.53 bits per heavy atom. The van der Waals surface area contributed by atoms with Crippen LogP contribution in [0.4, 0.5) is 5.13 Å². The highest BCUT2D eigenvalue weighted by Gasteiger charge is 2.15. The number of aryl methyl sites for hydroxylation is 2. The summed E-state index contributed by atoms with van der Waals surface area (Å²) in [4.78, 5) is 7.94. The maximum Gasteiger partial charge on any atom is 0.186 e. The molecule has 1 aromatic rings. The van der Waals surface area contributed by atoms with E-state index < -0.39 is 0 Å². The molecule has 1 aromatic heterocycles. The largest absolute Gasteiger partial charge is 0.409 e. The number of nitrogens with zero attached hydrogens (tertiary/aromatic N) is 3. The van der Waals surface area contributed by atoms with Crippen molar-refractivity contribution in [1.82, 2.24) is 4.98 Å². The quantitative estimate of drug-likeness (QED) is 0.366. The fourth-order valence-electron chi connectivity index (χ4n) is 1.44. The van der Waals surface area contributed by atoms with Crippen molar-refractivity contribution in [2.24, 2.45) is 10.9 Å². The summed E-state index contributed by atoms with van der Waals surface area (Å²) >= 11 is 1.68. The molecule has 0 unspecified atom stereocenters. The van der Waals surface area contributed by atoms with Crippen molar-refractivity contribution in [2.75, 3.05) is 11.4 Å². The zero-order chi connectivity index (χ0) is 13.0. The highest BCUT2D eigenvalue weighted by Crippen LogP contribution is 2.26. The van der Waals surface area contributed by atoms with Crippen LogP contribution >= 0.6 is 11.3 Å². The van der Waals surface area contributed by atoms with E-state index in [0.29, 0.717) is 19.0 Å². The van der Waals surface area contributed by atoms with Crippen LogP contribution in [-0.4, -0.2) is 28.6 Å². The molecule has 0 spiro atoms. The molecule has 0 aliphatic carbocycles. The molecular weight excluding hydrogens is 236 g/mol. The Morgan fingerprint density at radius 2 is 2.18 bits per heavy atom. The van der Waals surface area contributed by atoms with E-state index >= 15 is 0 Å². The molecule has 0 aromatic carbocycles. The highest BCUT2D eigenvalue weighted by atomic mass is 32.1. The standard InChI is InChI=1S/C11H20N4OS/c1-7(2)15(6-5-10(12)14-16)11-13-8(3)9(4)17-11/h7,16H,5-6H2,1-4H3,(H2,12,14). The minimum Gasteiger partial charge on any atom is -0.409 e. The first kappa shape index (κ1) is 13.8. The van der Waals surface area contributed by atoms with Gasteiger partial charge in [0.2, 0.25) is 0 Å². The van der Waals surface area contributed by atoms with Gasteiger partial charge in [-0.1, -0.05) is 5.16 Å². The fourth-order valence-corrected chi connectivity index (χ4v) is 2.51. The van der Waals surface area contributed by atoms with Crippen molar-refractivity contribution in [3.8, 4) is 0 Å². The molecule has 0 radical (unpaired) electrons. The van der Waals surface area contributed by atoms with E-state index in [1.54, 1.807) is 11.3 Å². The van der Waals surface area contributed by atoms with E-state index in [1.165, 1.54) is 4.88 Å². The van der Waals surface area contributed by atoms with Gasteiger partial charge in [0, 0.05) is 23.9 Å². The third kappa shape index (κ3) is 3.59. The molecule has 1 rings (SSSR count). The second-order valence-corrected chi connectivity index (χ2v) is 5.45. The number of nitrogens with two attached hydrogens (primary N) is 1. The average Bonchev–Trinajstić information content (AvgIpc) is 2.58. The summed E-state index contributed by atoms with van der Waals surface area (Å²) in [6.07, 6.45) is 0.534. The van der Waals surface area contributed by atoms with E-state index in [1.807, 2.05) is 6.92 Å². The Hall–Kier alpha value is -1.30. The predicted octanol–water partition coefficient (Wildman–Crippen LogP) is 2.11. The van der Waals surface area contributed by atoms with E-state index in [2.05, 4.69) is 35.8 Å². The zero-order valence-electron chi connectivity index (χ0n) is 10.8. The van der Waals surface area contributed by atoms with Crippen LogP contribution in [0.1, 0.15) is 30.8 Å². The van der Waals surface area contributed by atoms with Gasteiger partial charge in [-0.05, 0) is 27.7 Å². The van der Waals surface area contributed by atoms with Gasteiger partial charge in [-0.15, -0.1) is 11.3 Å². The summed E-state index contributed by atoms with van der Waals surface area (Å²) < 4.78 is 0. The van der Waals surface area contributed by atoms with Crippen molar-refractivity contribution in [1.29, 1.82) is 0 Å². The van der Waals surface area contributed by atoms with Gasteiger partial charge in [0.1, 0.15) is 5.84 Å². The van der Waals surface area contributed by atoms with Gasteiger partial charge in [-0.25, -0.2) is 4.98 Å². The number of anilines is 1. The van der Waals surface area contributed by atoms with Gasteiger partial charge >= 0.3 is 0 Å². The van der Waals surface area contributed by atoms with Gasteiger partial charge in [0.05, 0.1) is 5.69 Å². The number of amidine groups is 1. The maximum atomic E-state index is 8.54. The summed E-state index contributed by atoms with van der Waals surface area (Å²) in [6, 6.07) is 0.339. The molecule has 0 atom stereocenters. The van der Waals surface area contributed by atoms with Crippen molar-refractivity contribution >= 4 is 22.3 Å². The Bertz CT molecular complexity index is 381. The van der Waals surface area contributed by atoms with Gasteiger partial charge in [0.25, 0.3) is 0 Å². The number of thiazole rings is 1. The normalized spacial score (nSPS) is 12.2. The second-order valence-electron chi connectivity index (χ2n) is 4.27. The van der Waals surface area contributed by atoms with Gasteiger partial charge in [0.15, 0.2) is 5.13 Å². The van der Waals surface area contributed by atoms with Crippen LogP contribution < -0.4 is 10.6 Å². The molecule has 17 heavy (non-hydrogen) atoms. The number of oxime groups is 1. The summed E-state index contributed by atoms with van der Waals surface area (Å²) in [5.41, 5.74) is 6.56. The second kappa shape index (κ2) is 5.86. The zero-order valence-corrected chi connectivity index (χ0v) is 11.6. The molecule has 0 bridgehead atoms. The van der Waals surface area contributed by atoms with Crippen LogP contribution in [0, 0.1) is 13.8 Å². The van der Waals surface area contributed by atoms with Crippen LogP contribution in [0.25, 0.3) is 0 Å². The lowest BCUT2D eigenvalue weighted by molar-refractivity contribution is 0.317. The first-order chi connectivity index (χ1) is 7.95. The van der Waals surface area contributed by atoms with E-state index in [9.17, 15) is 0 Å². The molecule has 0 saturated heterocycles. The van der Waals surface area contributed by atoms with E-state index in [4.69, 9.17) is 10.9 Å². The summed E-state index contributed by atoms with van der Waals surface area (Å²) in [5.74, 6) is 0.251. The van der Waals surface area contributed by atoms with E-state index in [-0.39, 0.29) is 5.84 Å². The minimum atomic E-state index is 0.251. The summed E-state index contributed by atoms with van der Waals surface area (Å²) in [6.45, 7) is 9.01. The van der Waals surface area contributed by atoms with E-state index in [0.717, 1.165) is 10.8 Å². The van der Waals surface area contributed by atoms with Crippen LogP contribution in [0.15, 0.2) is 5.16 Å². The first-order valence-corrected chi connectivity index (χ1v) is 6.44. The van der Waals surface area contributed by atoms with Gasteiger partial charge < -0.3 is 15.8 Å². The lowest BCUT2D eigenvalue weighted by atomic mass is 10.3. The molecule has 5 nitrogen and oxygen atoms in total. The maximum absolute atomic E-state index is 8.54. The molecule has 0 amide bonds. The van der Waals surface area contributed by atoms with Crippen LogP contribution in [0.2, 0.25) is 0 Å². The SMILES string of the molecule is Cc1nc(N(CCC(N)=NO)C(C)C)sc1C. The smallest absolute Gasteiger partial charge is 0.186 e. The number of aromatic nitrogens is 1. The molecule has 1 heterocycles. The van der Waals surface area contributed by atoms with Crippen molar-refractivity contribution in [3.05, 3.63) is 10.6 Å². The molecule has 6 heteroatoms. The van der Waals surface area contributed by atoms with Crippen LogP contribution in [0.3, 0.4) is 0 Å². The Kier molecular flexibility index (Phi) is 4.74. The van der Waals surface area contributed by atoms with Crippen LogP contribution in [-0.2, 0) is 0 Å². The third-order valence-corrected chi connectivity index (χ3v) is 3.73. The molecule has 0 aliphatic heterocycles. The molecule has 0 fully saturated rings. The molecule has 96 valence electrons. The lowest BCUT2D eigenvalue weighted by Gasteiger charge is -2.25. The summed E-state index contributed by atoms with van der Waals surface area (Å²) in [7, 11) is 0. The minimum absolute atomic E-state index is 0.251. The first-order valence-electron chi connectivity index (χ1n) is 5.62. The lowest BCUT2D eigenvalue weighted by Crippen LogP contribution is -2.34. The van der Waals surface area contributed by atoms with Gasteiger partial charge in [-0.3, -0.25) is 0 Å². The average molecular weight is 256 g/mol. The van der Waals surface area contributed by atoms with Gasteiger partial charge in [-0.2, -0.15) is 0 Å². The predicted molar refractivity (Wildman–Crippen MR) is 72.1 cm³/mol. The number of hydrogen-bond acceptors (Lipinski definition) is 5. The highest BCUT2D eigenvalue weighted by molar-refractivity contribution is 7.15. The van der Waals surface area contributed by atoms with Crippen molar-refractivity contribution < 1.29 is 5.21 Å². The molecule has 0 aliphatic rings. The Labute approximate surface area is 106 Å². The van der Waals surface area contributed by atoms with Crippen molar-refractivity contribution in [3.63, 3.8) is 0 Å². The molecular formula is C11H20N4OS. The summed E-state index contributed by atoms with van der Waals surface area (Å²) in [5, 5.41) is 12.5. The topological polar surface area (TPSA) is 74.7 Å². The monoisotopic (exact) mass is 256 g/mol. The number of hydrogen-bond donors (Lipinski definition) is 2. The fraction of sp³-hybridized carbons (Fsp3) is 0.636. The Morgan fingerprint density at radius 3 is 2.59 bits per heavy atom. The molecule has 3 N–H and O–H groups in total.